The fraction of sp³-hybridized carbons (Fsp3) is 0.550. The summed E-state index contributed by atoms with van der Waals surface area (Å²) in [5, 5.41) is 0. The molecule has 0 spiro atoms. The highest BCUT2D eigenvalue weighted by Gasteiger charge is 2.19. The first-order chi connectivity index (χ1) is 13.6. The molecule has 0 unspecified atom stereocenters. The number of amides is 1. The van der Waals surface area contributed by atoms with E-state index in [0.717, 1.165) is 16.6 Å². The molecule has 4 rings (SSSR count). The van der Waals surface area contributed by atoms with Gasteiger partial charge < -0.3 is 18.8 Å². The van der Waals surface area contributed by atoms with Crippen LogP contribution in [0.15, 0.2) is 17.1 Å². The standard InChI is InChI=1S/C20H24N2O5S/c1-25-19(24)12-22-14-10-15-16(27-9-8-26-15)11-17(14)28-20(22)21-18(23)7-6-13-4-2-3-5-13/h10-11,13H,2-9,12H2,1H3. The number of thiazole rings is 1. The van der Waals surface area contributed by atoms with Crippen molar-refractivity contribution in [2.24, 2.45) is 10.9 Å². The van der Waals surface area contributed by atoms with Crippen molar-refractivity contribution in [2.75, 3.05) is 20.3 Å². The Bertz CT molecular complexity index is 955. The number of methoxy groups -OCH3 is 1. The topological polar surface area (TPSA) is 79.1 Å². The Hall–Kier alpha value is -2.35. The van der Waals surface area contributed by atoms with Gasteiger partial charge in [0.2, 0.25) is 5.91 Å². The minimum atomic E-state index is -0.394. The van der Waals surface area contributed by atoms with Gasteiger partial charge in [0.05, 0.1) is 17.3 Å². The van der Waals surface area contributed by atoms with Crippen molar-refractivity contribution in [3.63, 3.8) is 0 Å². The number of aromatic nitrogens is 1. The van der Waals surface area contributed by atoms with Crippen molar-refractivity contribution in [3.05, 3.63) is 16.9 Å². The molecular weight excluding hydrogens is 380 g/mol. The number of benzene rings is 1. The monoisotopic (exact) mass is 404 g/mol. The molecule has 8 heteroatoms. The molecule has 28 heavy (non-hydrogen) atoms. The number of nitrogens with zero attached hydrogens (tertiary/aromatic N) is 2. The first kappa shape index (κ1) is 19.0. The lowest BCUT2D eigenvalue weighted by molar-refractivity contribution is -0.141. The number of carbonyl (C=O) groups excluding carboxylic acids is 2. The zero-order valence-electron chi connectivity index (χ0n) is 15.9. The molecular formula is C20H24N2O5S. The maximum atomic E-state index is 12.5. The minimum absolute atomic E-state index is 0.00905. The SMILES string of the molecule is COC(=O)Cn1c(=NC(=O)CCC2CCCC2)sc2cc3c(cc21)OCCO3. The third kappa shape index (κ3) is 4.06. The van der Waals surface area contributed by atoms with Crippen LogP contribution in [0.3, 0.4) is 0 Å². The molecule has 2 aromatic rings. The van der Waals surface area contributed by atoms with Gasteiger partial charge >= 0.3 is 5.97 Å². The number of carbonyl (C=O) groups is 2. The molecule has 1 aromatic heterocycles. The quantitative estimate of drug-likeness (QED) is 0.716. The van der Waals surface area contributed by atoms with Crippen molar-refractivity contribution < 1.29 is 23.8 Å². The molecule has 2 aliphatic rings. The Balaban J connectivity index is 1.67. The second-order valence-corrected chi connectivity index (χ2v) is 8.21. The second-order valence-electron chi connectivity index (χ2n) is 7.21. The van der Waals surface area contributed by atoms with Gasteiger partial charge in [-0.3, -0.25) is 9.59 Å². The lowest BCUT2D eigenvalue weighted by Gasteiger charge is -2.18. The van der Waals surface area contributed by atoms with Crippen LogP contribution in [0.2, 0.25) is 0 Å². The highest BCUT2D eigenvalue weighted by Crippen LogP contribution is 2.35. The molecule has 1 amide bonds. The van der Waals surface area contributed by atoms with Crippen LogP contribution < -0.4 is 14.3 Å². The highest BCUT2D eigenvalue weighted by molar-refractivity contribution is 7.16. The van der Waals surface area contributed by atoms with Crippen LogP contribution in [0.25, 0.3) is 10.2 Å². The summed E-state index contributed by atoms with van der Waals surface area (Å²) < 4.78 is 18.7. The van der Waals surface area contributed by atoms with Crippen molar-refractivity contribution in [3.8, 4) is 11.5 Å². The van der Waals surface area contributed by atoms with E-state index in [2.05, 4.69) is 4.99 Å². The van der Waals surface area contributed by atoms with E-state index in [1.807, 2.05) is 12.1 Å². The molecule has 1 saturated carbocycles. The molecule has 2 heterocycles. The van der Waals surface area contributed by atoms with E-state index in [9.17, 15) is 9.59 Å². The van der Waals surface area contributed by atoms with Gasteiger partial charge in [-0.1, -0.05) is 37.0 Å². The summed E-state index contributed by atoms with van der Waals surface area (Å²) in [6, 6.07) is 3.72. The number of ether oxygens (including phenoxy) is 3. The third-order valence-electron chi connectivity index (χ3n) is 5.32. The van der Waals surface area contributed by atoms with E-state index in [4.69, 9.17) is 14.2 Å². The lowest BCUT2D eigenvalue weighted by Crippen LogP contribution is -2.22. The first-order valence-electron chi connectivity index (χ1n) is 9.71. The van der Waals surface area contributed by atoms with Crippen LogP contribution in [0.5, 0.6) is 11.5 Å². The normalized spacial score (nSPS) is 17.2. The van der Waals surface area contributed by atoms with E-state index in [1.54, 1.807) is 4.57 Å². The minimum Gasteiger partial charge on any atom is -0.486 e. The zero-order chi connectivity index (χ0) is 19.5. The average molecular weight is 404 g/mol. The summed E-state index contributed by atoms with van der Waals surface area (Å²) in [4.78, 5) is 29.2. The van der Waals surface area contributed by atoms with E-state index in [1.165, 1.54) is 44.1 Å². The van der Waals surface area contributed by atoms with Crippen LogP contribution in [0, 0.1) is 5.92 Å². The Morgan fingerprint density at radius 3 is 2.64 bits per heavy atom. The third-order valence-corrected chi connectivity index (χ3v) is 6.36. The van der Waals surface area contributed by atoms with Crippen LogP contribution in [-0.2, 0) is 20.9 Å². The van der Waals surface area contributed by atoms with Crippen molar-refractivity contribution in [2.45, 2.75) is 45.1 Å². The predicted octanol–water partition coefficient (Wildman–Crippen LogP) is 3.04. The second kappa shape index (κ2) is 8.34. The number of hydrogen-bond donors (Lipinski definition) is 0. The predicted molar refractivity (Wildman–Crippen MR) is 105 cm³/mol. The molecule has 0 atom stereocenters. The maximum Gasteiger partial charge on any atom is 0.325 e. The first-order valence-corrected chi connectivity index (χ1v) is 10.5. The van der Waals surface area contributed by atoms with E-state index < -0.39 is 5.97 Å². The number of rotatable bonds is 5. The molecule has 1 aromatic carbocycles. The fourth-order valence-electron chi connectivity index (χ4n) is 3.83. The van der Waals surface area contributed by atoms with E-state index in [-0.39, 0.29) is 12.5 Å². The van der Waals surface area contributed by atoms with Crippen molar-refractivity contribution >= 4 is 33.4 Å². The highest BCUT2D eigenvalue weighted by atomic mass is 32.1. The van der Waals surface area contributed by atoms with Gasteiger partial charge in [-0.05, 0) is 12.3 Å². The number of hydrogen-bond acceptors (Lipinski definition) is 6. The van der Waals surface area contributed by atoms with Crippen LogP contribution >= 0.6 is 11.3 Å². The van der Waals surface area contributed by atoms with Crippen molar-refractivity contribution in [1.29, 1.82) is 0 Å². The Morgan fingerprint density at radius 1 is 1.21 bits per heavy atom. The Labute approximate surface area is 166 Å². The van der Waals surface area contributed by atoms with E-state index >= 15 is 0 Å². The summed E-state index contributed by atoms with van der Waals surface area (Å²) >= 11 is 1.37. The molecule has 7 nitrogen and oxygen atoms in total. The molecule has 1 fully saturated rings. The largest absolute Gasteiger partial charge is 0.486 e. The summed E-state index contributed by atoms with van der Waals surface area (Å²) in [7, 11) is 1.35. The lowest BCUT2D eigenvalue weighted by atomic mass is 10.0. The average Bonchev–Trinajstić information content (AvgIpc) is 3.33. The molecule has 1 aliphatic carbocycles. The fourth-order valence-corrected chi connectivity index (χ4v) is 4.88. The van der Waals surface area contributed by atoms with Gasteiger partial charge in [0, 0.05) is 18.6 Å². The maximum absolute atomic E-state index is 12.5. The molecule has 0 N–H and O–H groups in total. The van der Waals surface area contributed by atoms with Gasteiger partial charge in [0.1, 0.15) is 19.8 Å². The molecule has 1 aliphatic heterocycles. The summed E-state index contributed by atoms with van der Waals surface area (Å²) in [6.45, 7) is 0.977. The van der Waals surface area contributed by atoms with Gasteiger partial charge in [0.25, 0.3) is 0 Å². The number of fused-ring (bicyclic) bond motifs is 2. The molecule has 0 bridgehead atoms. The number of esters is 1. The van der Waals surface area contributed by atoms with Crippen LogP contribution in [0.4, 0.5) is 0 Å². The van der Waals surface area contributed by atoms with Gasteiger partial charge in [-0.2, -0.15) is 4.99 Å². The van der Waals surface area contributed by atoms with Gasteiger partial charge in [-0.15, -0.1) is 0 Å². The van der Waals surface area contributed by atoms with Crippen molar-refractivity contribution in [1.82, 2.24) is 4.57 Å². The molecule has 0 saturated heterocycles. The smallest absolute Gasteiger partial charge is 0.325 e. The summed E-state index contributed by atoms with van der Waals surface area (Å²) in [6.07, 6.45) is 6.29. The van der Waals surface area contributed by atoms with Crippen LogP contribution in [0.1, 0.15) is 38.5 Å². The van der Waals surface area contributed by atoms with Crippen LogP contribution in [-0.4, -0.2) is 36.8 Å². The Morgan fingerprint density at radius 2 is 1.93 bits per heavy atom. The summed E-state index contributed by atoms with van der Waals surface area (Å²) in [5.74, 6) is 1.41. The Kier molecular flexibility index (Phi) is 5.66. The zero-order valence-corrected chi connectivity index (χ0v) is 16.8. The molecule has 150 valence electrons. The summed E-state index contributed by atoms with van der Waals surface area (Å²) in [5.41, 5.74) is 0.780. The molecule has 0 radical (unpaired) electrons. The van der Waals surface area contributed by atoms with E-state index in [0.29, 0.717) is 41.9 Å². The van der Waals surface area contributed by atoms with Gasteiger partial charge in [0.15, 0.2) is 16.3 Å². The van der Waals surface area contributed by atoms with Gasteiger partial charge in [-0.25, -0.2) is 0 Å².